The van der Waals surface area contributed by atoms with Gasteiger partial charge in [0.05, 0.1) is 0 Å². The standard InChI is InChI=1S/C11H18N2O2S/c1-13-5-2-8(10(13)15)12-9(14)6-11(7-16)3-4-11/h8,16H,2-7H2,1H3,(H,12,14). The molecule has 0 aromatic rings. The van der Waals surface area contributed by atoms with Gasteiger partial charge in [-0.2, -0.15) is 12.6 Å². The zero-order chi connectivity index (χ0) is 11.8. The summed E-state index contributed by atoms with van der Waals surface area (Å²) < 4.78 is 0. The van der Waals surface area contributed by atoms with Crippen LogP contribution in [0.3, 0.4) is 0 Å². The molecule has 1 aliphatic heterocycles. The average molecular weight is 242 g/mol. The van der Waals surface area contributed by atoms with Crippen LogP contribution in [0.2, 0.25) is 0 Å². The van der Waals surface area contributed by atoms with Crippen LogP contribution in [-0.2, 0) is 9.59 Å². The first kappa shape index (κ1) is 11.8. The highest BCUT2D eigenvalue weighted by atomic mass is 32.1. The van der Waals surface area contributed by atoms with Crippen molar-refractivity contribution in [1.82, 2.24) is 10.2 Å². The molecule has 1 saturated heterocycles. The van der Waals surface area contributed by atoms with E-state index in [1.165, 1.54) is 0 Å². The van der Waals surface area contributed by atoms with Gasteiger partial charge >= 0.3 is 0 Å². The van der Waals surface area contributed by atoms with Crippen molar-refractivity contribution in [3.05, 3.63) is 0 Å². The van der Waals surface area contributed by atoms with E-state index in [1.54, 1.807) is 11.9 Å². The molecule has 16 heavy (non-hydrogen) atoms. The lowest BCUT2D eigenvalue weighted by molar-refractivity contribution is -0.132. The summed E-state index contributed by atoms with van der Waals surface area (Å²) in [5.41, 5.74) is 0.126. The Labute approximate surface area is 101 Å². The normalized spacial score (nSPS) is 27.0. The van der Waals surface area contributed by atoms with Crippen LogP contribution in [0.5, 0.6) is 0 Å². The number of amides is 2. The molecular formula is C11H18N2O2S. The van der Waals surface area contributed by atoms with Crippen molar-refractivity contribution < 1.29 is 9.59 Å². The fourth-order valence-corrected chi connectivity index (χ4v) is 2.54. The zero-order valence-electron chi connectivity index (χ0n) is 9.53. The van der Waals surface area contributed by atoms with Crippen molar-refractivity contribution in [2.75, 3.05) is 19.3 Å². The summed E-state index contributed by atoms with van der Waals surface area (Å²) >= 11 is 4.26. The molecule has 4 nitrogen and oxygen atoms in total. The molecule has 0 spiro atoms. The number of thiol groups is 1. The maximum Gasteiger partial charge on any atom is 0.244 e. The van der Waals surface area contributed by atoms with E-state index in [0.717, 1.165) is 31.6 Å². The molecule has 2 aliphatic rings. The van der Waals surface area contributed by atoms with Crippen LogP contribution >= 0.6 is 12.6 Å². The molecule has 0 radical (unpaired) electrons. The molecule has 1 aliphatic carbocycles. The molecule has 2 fully saturated rings. The summed E-state index contributed by atoms with van der Waals surface area (Å²) in [6.07, 6.45) is 3.42. The second-order valence-corrected chi connectivity index (χ2v) is 5.32. The largest absolute Gasteiger partial charge is 0.344 e. The SMILES string of the molecule is CN1CCC(NC(=O)CC2(CS)CC2)C1=O. The maximum atomic E-state index is 11.7. The van der Waals surface area contributed by atoms with Gasteiger partial charge < -0.3 is 10.2 Å². The number of likely N-dealkylation sites (tertiary alicyclic amines) is 1. The first-order valence-electron chi connectivity index (χ1n) is 5.71. The van der Waals surface area contributed by atoms with Crippen molar-refractivity contribution >= 4 is 24.4 Å². The number of carbonyl (C=O) groups is 2. The molecule has 5 heteroatoms. The van der Waals surface area contributed by atoms with Gasteiger partial charge in [-0.1, -0.05) is 0 Å². The summed E-state index contributed by atoms with van der Waals surface area (Å²) in [6.45, 7) is 0.738. The van der Waals surface area contributed by atoms with Gasteiger partial charge in [-0.25, -0.2) is 0 Å². The smallest absolute Gasteiger partial charge is 0.244 e. The van der Waals surface area contributed by atoms with E-state index in [9.17, 15) is 9.59 Å². The molecule has 1 heterocycles. The Bertz CT molecular complexity index is 315. The van der Waals surface area contributed by atoms with Gasteiger partial charge in [-0.05, 0) is 30.4 Å². The van der Waals surface area contributed by atoms with Gasteiger partial charge in [0, 0.05) is 20.0 Å². The van der Waals surface area contributed by atoms with Crippen molar-refractivity contribution in [3.8, 4) is 0 Å². The number of nitrogens with one attached hydrogen (secondary N) is 1. The van der Waals surface area contributed by atoms with Crippen LogP contribution in [0.15, 0.2) is 0 Å². The van der Waals surface area contributed by atoms with E-state index in [2.05, 4.69) is 17.9 Å². The minimum atomic E-state index is -0.298. The molecule has 1 atom stereocenters. The van der Waals surface area contributed by atoms with Gasteiger partial charge in [0.2, 0.25) is 11.8 Å². The summed E-state index contributed by atoms with van der Waals surface area (Å²) in [5.74, 6) is 0.795. The third-order valence-corrected chi connectivity index (χ3v) is 4.26. The van der Waals surface area contributed by atoms with Gasteiger partial charge in [-0.15, -0.1) is 0 Å². The highest BCUT2D eigenvalue weighted by Crippen LogP contribution is 2.49. The van der Waals surface area contributed by atoms with Crippen molar-refractivity contribution in [2.45, 2.75) is 31.7 Å². The predicted octanol–water partition coefficient (Wildman–Crippen LogP) is 0.433. The second kappa shape index (κ2) is 4.28. The molecule has 2 amide bonds. The second-order valence-electron chi connectivity index (χ2n) is 5.00. The van der Waals surface area contributed by atoms with Gasteiger partial charge in [0.1, 0.15) is 6.04 Å². The number of rotatable bonds is 4. The van der Waals surface area contributed by atoms with Crippen LogP contribution < -0.4 is 5.32 Å². The molecule has 1 saturated carbocycles. The Kier molecular flexibility index (Phi) is 3.15. The summed E-state index contributed by atoms with van der Waals surface area (Å²) in [6, 6.07) is -0.298. The van der Waals surface area contributed by atoms with E-state index < -0.39 is 0 Å². The molecule has 0 aromatic carbocycles. The molecular weight excluding hydrogens is 224 g/mol. The topological polar surface area (TPSA) is 49.4 Å². The van der Waals surface area contributed by atoms with Crippen LogP contribution in [0.4, 0.5) is 0 Å². The number of hydrogen-bond donors (Lipinski definition) is 2. The number of likely N-dealkylation sites (N-methyl/N-ethyl adjacent to an activating group) is 1. The lowest BCUT2D eigenvalue weighted by Gasteiger charge is -2.15. The van der Waals surface area contributed by atoms with Crippen LogP contribution in [0, 0.1) is 5.41 Å². The van der Waals surface area contributed by atoms with Crippen molar-refractivity contribution in [1.29, 1.82) is 0 Å². The fourth-order valence-electron chi connectivity index (χ4n) is 2.11. The lowest BCUT2D eigenvalue weighted by Crippen LogP contribution is -2.41. The number of nitrogens with zero attached hydrogens (tertiary/aromatic N) is 1. The van der Waals surface area contributed by atoms with Crippen molar-refractivity contribution in [2.24, 2.45) is 5.41 Å². The number of hydrogen-bond acceptors (Lipinski definition) is 3. The third kappa shape index (κ3) is 2.34. The summed E-state index contributed by atoms with van der Waals surface area (Å²) in [4.78, 5) is 25.0. The van der Waals surface area contributed by atoms with E-state index in [0.29, 0.717) is 6.42 Å². The molecule has 1 unspecified atom stereocenters. The Balaban J connectivity index is 1.82. The summed E-state index contributed by atoms with van der Waals surface area (Å²) in [7, 11) is 1.77. The van der Waals surface area contributed by atoms with Crippen LogP contribution in [0.1, 0.15) is 25.7 Å². The van der Waals surface area contributed by atoms with Crippen LogP contribution in [-0.4, -0.2) is 42.1 Å². The van der Waals surface area contributed by atoms with E-state index in [4.69, 9.17) is 0 Å². The van der Waals surface area contributed by atoms with Gasteiger partial charge in [0.25, 0.3) is 0 Å². The summed E-state index contributed by atoms with van der Waals surface area (Å²) in [5, 5.41) is 2.83. The highest BCUT2D eigenvalue weighted by molar-refractivity contribution is 7.80. The van der Waals surface area contributed by atoms with E-state index >= 15 is 0 Å². The minimum absolute atomic E-state index is 0.000185. The maximum absolute atomic E-state index is 11.7. The van der Waals surface area contributed by atoms with E-state index in [-0.39, 0.29) is 23.3 Å². The Morgan fingerprint density at radius 2 is 2.31 bits per heavy atom. The first-order valence-corrected chi connectivity index (χ1v) is 6.35. The van der Waals surface area contributed by atoms with Crippen molar-refractivity contribution in [3.63, 3.8) is 0 Å². The number of carbonyl (C=O) groups excluding carboxylic acids is 2. The molecule has 90 valence electrons. The van der Waals surface area contributed by atoms with Gasteiger partial charge in [-0.3, -0.25) is 9.59 Å². The Morgan fingerprint density at radius 3 is 2.75 bits per heavy atom. The quantitative estimate of drug-likeness (QED) is 0.703. The first-order chi connectivity index (χ1) is 7.56. The molecule has 2 rings (SSSR count). The fraction of sp³-hybridized carbons (Fsp3) is 0.818. The minimum Gasteiger partial charge on any atom is -0.344 e. The molecule has 1 N–H and O–H groups in total. The zero-order valence-corrected chi connectivity index (χ0v) is 10.4. The third-order valence-electron chi connectivity index (χ3n) is 3.59. The van der Waals surface area contributed by atoms with E-state index in [1.807, 2.05) is 0 Å². The predicted molar refractivity (Wildman–Crippen MR) is 64.3 cm³/mol. The average Bonchev–Trinajstić information content (AvgIpc) is 2.96. The monoisotopic (exact) mass is 242 g/mol. The highest BCUT2D eigenvalue weighted by Gasteiger charge is 2.43. The Hall–Kier alpha value is -0.710. The lowest BCUT2D eigenvalue weighted by atomic mass is 10.0. The Morgan fingerprint density at radius 1 is 1.62 bits per heavy atom. The van der Waals surface area contributed by atoms with Crippen LogP contribution in [0.25, 0.3) is 0 Å². The molecule has 0 aromatic heterocycles. The van der Waals surface area contributed by atoms with Gasteiger partial charge in [0.15, 0.2) is 0 Å². The molecule has 0 bridgehead atoms.